The highest BCUT2D eigenvalue weighted by Crippen LogP contribution is 2.38. The van der Waals surface area contributed by atoms with E-state index in [4.69, 9.17) is 9.47 Å². The number of halogens is 1. The molecule has 1 aliphatic heterocycles. The van der Waals surface area contributed by atoms with Crippen molar-refractivity contribution in [2.45, 2.75) is 32.9 Å². The molecule has 0 atom stereocenters. The number of hydrogen-bond donors (Lipinski definition) is 1. The standard InChI is InChI=1S/C24H23FN2O5S/c1-14-26-16(13-33-14)12-32-24(30)27-8-7-18-20(11-27)17(4-5-21(18)25)19-9-15(10-23(28)29)3-6-22(19)31-2/h3-6,9,13H,7-8,10-12H2,1-2H3,(H,28,29). The van der Waals surface area contributed by atoms with Crippen molar-refractivity contribution in [3.8, 4) is 16.9 Å². The molecule has 0 saturated heterocycles. The van der Waals surface area contributed by atoms with Gasteiger partial charge in [0.15, 0.2) is 0 Å². The number of hydrogen-bond acceptors (Lipinski definition) is 6. The second-order valence-corrected chi connectivity index (χ2v) is 8.80. The fraction of sp³-hybridized carbons (Fsp3) is 0.292. The van der Waals surface area contributed by atoms with E-state index < -0.39 is 12.1 Å². The minimum absolute atomic E-state index is 0.0770. The Morgan fingerprint density at radius 2 is 2.03 bits per heavy atom. The Balaban J connectivity index is 1.63. The summed E-state index contributed by atoms with van der Waals surface area (Å²) in [4.78, 5) is 29.7. The first-order valence-corrected chi connectivity index (χ1v) is 11.3. The zero-order valence-corrected chi connectivity index (χ0v) is 19.1. The van der Waals surface area contributed by atoms with Gasteiger partial charge in [0.2, 0.25) is 0 Å². The van der Waals surface area contributed by atoms with Crippen LogP contribution in [0.1, 0.15) is 27.4 Å². The third-order valence-electron chi connectivity index (χ3n) is 5.53. The van der Waals surface area contributed by atoms with Gasteiger partial charge in [-0.3, -0.25) is 4.79 Å². The van der Waals surface area contributed by atoms with Gasteiger partial charge in [-0.15, -0.1) is 11.3 Å². The van der Waals surface area contributed by atoms with Crippen LogP contribution in [0.2, 0.25) is 0 Å². The van der Waals surface area contributed by atoms with E-state index in [1.807, 2.05) is 12.3 Å². The minimum Gasteiger partial charge on any atom is -0.496 e. The second kappa shape index (κ2) is 9.58. The van der Waals surface area contributed by atoms with Gasteiger partial charge in [-0.05, 0) is 53.8 Å². The van der Waals surface area contributed by atoms with Crippen LogP contribution in [0.15, 0.2) is 35.7 Å². The van der Waals surface area contributed by atoms with Crippen molar-refractivity contribution in [2.24, 2.45) is 0 Å². The zero-order chi connectivity index (χ0) is 23.5. The van der Waals surface area contributed by atoms with Gasteiger partial charge in [-0.1, -0.05) is 12.1 Å². The molecule has 0 bridgehead atoms. The Kier molecular flexibility index (Phi) is 6.60. The van der Waals surface area contributed by atoms with E-state index in [1.165, 1.54) is 29.4 Å². The molecule has 1 aliphatic rings. The van der Waals surface area contributed by atoms with E-state index in [0.29, 0.717) is 52.2 Å². The first kappa shape index (κ1) is 22.7. The lowest BCUT2D eigenvalue weighted by Gasteiger charge is -2.30. The van der Waals surface area contributed by atoms with Crippen molar-refractivity contribution in [3.63, 3.8) is 0 Å². The molecular weight excluding hydrogens is 447 g/mol. The third-order valence-corrected chi connectivity index (χ3v) is 6.35. The summed E-state index contributed by atoms with van der Waals surface area (Å²) in [5.74, 6) is -0.742. The number of carboxylic acids is 1. The van der Waals surface area contributed by atoms with E-state index in [2.05, 4.69) is 4.98 Å². The summed E-state index contributed by atoms with van der Waals surface area (Å²) < 4.78 is 25.6. The number of amides is 1. The predicted molar refractivity (Wildman–Crippen MR) is 121 cm³/mol. The number of fused-ring (bicyclic) bond motifs is 1. The molecule has 9 heteroatoms. The number of aryl methyl sites for hydroxylation is 1. The fourth-order valence-corrected chi connectivity index (χ4v) is 4.59. The molecule has 0 radical (unpaired) electrons. The van der Waals surface area contributed by atoms with Crippen molar-refractivity contribution in [1.29, 1.82) is 0 Å². The summed E-state index contributed by atoms with van der Waals surface area (Å²) in [5, 5.41) is 11.9. The van der Waals surface area contributed by atoms with Crippen LogP contribution in [0.3, 0.4) is 0 Å². The van der Waals surface area contributed by atoms with Crippen molar-refractivity contribution in [3.05, 3.63) is 68.9 Å². The number of aromatic nitrogens is 1. The maximum atomic E-state index is 14.6. The molecule has 1 aromatic heterocycles. The predicted octanol–water partition coefficient (Wildman–Crippen LogP) is 4.59. The quantitative estimate of drug-likeness (QED) is 0.567. The number of methoxy groups -OCH3 is 1. The molecule has 0 unspecified atom stereocenters. The Labute approximate surface area is 194 Å². The van der Waals surface area contributed by atoms with E-state index >= 15 is 0 Å². The van der Waals surface area contributed by atoms with Crippen molar-refractivity contribution in [2.75, 3.05) is 13.7 Å². The maximum Gasteiger partial charge on any atom is 0.410 e. The lowest BCUT2D eigenvalue weighted by molar-refractivity contribution is -0.136. The average Bonchev–Trinajstić information content (AvgIpc) is 3.22. The zero-order valence-electron chi connectivity index (χ0n) is 18.3. The molecule has 1 amide bonds. The highest BCUT2D eigenvalue weighted by atomic mass is 32.1. The fourth-order valence-electron chi connectivity index (χ4n) is 3.99. The third kappa shape index (κ3) is 4.98. The first-order valence-electron chi connectivity index (χ1n) is 10.4. The van der Waals surface area contributed by atoms with Crippen LogP contribution in [-0.2, 0) is 35.5 Å². The average molecular weight is 471 g/mol. The van der Waals surface area contributed by atoms with Crippen molar-refractivity contribution < 1.29 is 28.6 Å². The number of rotatable bonds is 6. The van der Waals surface area contributed by atoms with Gasteiger partial charge in [0.1, 0.15) is 18.2 Å². The molecule has 0 aliphatic carbocycles. The highest BCUT2D eigenvalue weighted by molar-refractivity contribution is 7.09. The minimum atomic E-state index is -0.948. The van der Waals surface area contributed by atoms with Crippen LogP contribution in [0, 0.1) is 12.7 Å². The summed E-state index contributed by atoms with van der Waals surface area (Å²) >= 11 is 1.49. The van der Waals surface area contributed by atoms with Gasteiger partial charge in [0, 0.05) is 24.0 Å². The molecule has 1 N–H and O–H groups in total. The number of thiazole rings is 1. The molecule has 0 fully saturated rings. The number of carbonyl (C=O) groups is 2. The smallest absolute Gasteiger partial charge is 0.410 e. The monoisotopic (exact) mass is 470 g/mol. The van der Waals surface area contributed by atoms with Crippen LogP contribution in [-0.4, -0.2) is 40.7 Å². The van der Waals surface area contributed by atoms with Gasteiger partial charge in [-0.25, -0.2) is 14.2 Å². The van der Waals surface area contributed by atoms with Crippen LogP contribution in [0.5, 0.6) is 5.75 Å². The normalized spacial score (nSPS) is 12.9. The SMILES string of the molecule is COc1ccc(CC(=O)O)cc1-c1ccc(F)c2c1CN(C(=O)OCc1csc(C)n1)CC2. The van der Waals surface area contributed by atoms with Crippen LogP contribution >= 0.6 is 11.3 Å². The number of ether oxygens (including phenoxy) is 2. The van der Waals surface area contributed by atoms with Crippen molar-refractivity contribution in [1.82, 2.24) is 9.88 Å². The summed E-state index contributed by atoms with van der Waals surface area (Å²) in [6.45, 7) is 2.46. The van der Waals surface area contributed by atoms with E-state index in [9.17, 15) is 19.1 Å². The molecule has 7 nitrogen and oxygen atoms in total. The first-order chi connectivity index (χ1) is 15.9. The molecule has 2 heterocycles. The lowest BCUT2D eigenvalue weighted by Crippen LogP contribution is -2.37. The van der Waals surface area contributed by atoms with Gasteiger partial charge in [0.05, 0.1) is 24.2 Å². The highest BCUT2D eigenvalue weighted by Gasteiger charge is 2.27. The Morgan fingerprint density at radius 3 is 2.73 bits per heavy atom. The van der Waals surface area contributed by atoms with E-state index in [1.54, 1.807) is 24.3 Å². The van der Waals surface area contributed by atoms with Gasteiger partial charge >= 0.3 is 12.1 Å². The molecule has 0 saturated carbocycles. The second-order valence-electron chi connectivity index (χ2n) is 7.74. The van der Waals surface area contributed by atoms with Crippen LogP contribution in [0.25, 0.3) is 11.1 Å². The largest absolute Gasteiger partial charge is 0.496 e. The number of aliphatic carboxylic acids is 1. The number of nitrogens with zero attached hydrogens (tertiary/aromatic N) is 2. The summed E-state index contributed by atoms with van der Waals surface area (Å²) in [6, 6.07) is 8.17. The van der Waals surface area contributed by atoms with Crippen molar-refractivity contribution >= 4 is 23.4 Å². The van der Waals surface area contributed by atoms with Crippen LogP contribution < -0.4 is 4.74 Å². The van der Waals surface area contributed by atoms with E-state index in [0.717, 1.165) is 5.01 Å². The number of benzene rings is 2. The molecule has 172 valence electrons. The summed E-state index contributed by atoms with van der Waals surface area (Å²) in [6.07, 6.45) is -0.292. The number of carbonyl (C=O) groups excluding carboxylic acids is 1. The number of carboxylic acid groups (broad SMARTS) is 1. The molecule has 2 aromatic carbocycles. The molecule has 4 rings (SSSR count). The molecule has 3 aromatic rings. The molecular formula is C24H23FN2O5S. The molecule has 33 heavy (non-hydrogen) atoms. The maximum absolute atomic E-state index is 14.6. The van der Waals surface area contributed by atoms with E-state index in [-0.39, 0.29) is 25.4 Å². The Morgan fingerprint density at radius 1 is 1.21 bits per heavy atom. The summed E-state index contributed by atoms with van der Waals surface area (Å²) in [5.41, 5.74) is 3.84. The summed E-state index contributed by atoms with van der Waals surface area (Å²) in [7, 11) is 1.52. The van der Waals surface area contributed by atoms with Gasteiger partial charge in [-0.2, -0.15) is 0 Å². The Hall–Kier alpha value is -3.46. The van der Waals surface area contributed by atoms with Gasteiger partial charge < -0.3 is 19.5 Å². The topological polar surface area (TPSA) is 89.0 Å². The lowest BCUT2D eigenvalue weighted by atomic mass is 9.89. The van der Waals surface area contributed by atoms with Crippen LogP contribution in [0.4, 0.5) is 9.18 Å². The Bertz CT molecular complexity index is 1210. The molecule has 0 spiro atoms. The van der Waals surface area contributed by atoms with Gasteiger partial charge in [0.25, 0.3) is 0 Å².